The molecule has 2 aromatic rings. The number of phenolic OH excluding ortho intramolecular Hbond substituents is 1. The van der Waals surface area contributed by atoms with Gasteiger partial charge in [-0.25, -0.2) is 0 Å². The minimum atomic E-state index is 0.209. The van der Waals surface area contributed by atoms with Crippen molar-refractivity contribution in [2.24, 2.45) is 0 Å². The molecule has 0 aromatic heterocycles. The molecule has 94 valence electrons. The molecule has 3 nitrogen and oxygen atoms in total. The first-order valence-electron chi connectivity index (χ1n) is 5.90. The van der Waals surface area contributed by atoms with E-state index in [-0.39, 0.29) is 5.75 Å². The van der Waals surface area contributed by atoms with Crippen molar-refractivity contribution in [3.63, 3.8) is 0 Å². The van der Waals surface area contributed by atoms with E-state index >= 15 is 0 Å². The summed E-state index contributed by atoms with van der Waals surface area (Å²) in [6.07, 6.45) is 0. The maximum absolute atomic E-state index is 9.92. The molecule has 0 unspecified atom stereocenters. The van der Waals surface area contributed by atoms with Crippen molar-refractivity contribution < 1.29 is 9.84 Å². The van der Waals surface area contributed by atoms with Crippen LogP contribution in [-0.4, -0.2) is 12.2 Å². The second kappa shape index (κ2) is 6.07. The summed E-state index contributed by atoms with van der Waals surface area (Å²) in [5.41, 5.74) is 2.06. The largest absolute Gasteiger partial charge is 0.504 e. The second-order valence-electron chi connectivity index (χ2n) is 4.06. The molecule has 0 radical (unpaired) electrons. The Labute approximate surface area is 107 Å². The van der Waals surface area contributed by atoms with Crippen molar-refractivity contribution in [1.82, 2.24) is 5.32 Å². The minimum Gasteiger partial charge on any atom is -0.504 e. The number of nitrogens with one attached hydrogen (secondary N) is 1. The summed E-state index contributed by atoms with van der Waals surface area (Å²) in [6, 6.07) is 15.7. The summed E-state index contributed by atoms with van der Waals surface area (Å²) in [5, 5.41) is 13.2. The average molecular weight is 243 g/mol. The Balaban J connectivity index is 1.95. The zero-order chi connectivity index (χ0) is 12.8. The van der Waals surface area contributed by atoms with Crippen LogP contribution in [-0.2, 0) is 13.1 Å². The maximum Gasteiger partial charge on any atom is 0.162 e. The van der Waals surface area contributed by atoms with Gasteiger partial charge in [-0.2, -0.15) is 0 Å². The van der Waals surface area contributed by atoms with E-state index < -0.39 is 0 Å². The average Bonchev–Trinajstić information content (AvgIpc) is 2.42. The van der Waals surface area contributed by atoms with Gasteiger partial charge in [0.2, 0.25) is 0 Å². The molecule has 0 bridgehead atoms. The Morgan fingerprint density at radius 2 is 1.78 bits per heavy atom. The summed E-state index contributed by atoms with van der Waals surface area (Å²) in [4.78, 5) is 0. The van der Waals surface area contributed by atoms with Crippen LogP contribution < -0.4 is 10.1 Å². The summed E-state index contributed by atoms with van der Waals surface area (Å²) < 4.78 is 5.07. The number of methoxy groups -OCH3 is 1. The van der Waals surface area contributed by atoms with Crippen molar-refractivity contribution in [3.05, 3.63) is 59.7 Å². The zero-order valence-corrected chi connectivity index (χ0v) is 10.4. The highest BCUT2D eigenvalue weighted by molar-refractivity contribution is 5.45. The Morgan fingerprint density at radius 1 is 1.00 bits per heavy atom. The fourth-order valence-electron chi connectivity index (χ4n) is 1.81. The Morgan fingerprint density at radius 3 is 2.50 bits per heavy atom. The molecule has 0 aliphatic heterocycles. The fraction of sp³-hybridized carbons (Fsp3) is 0.200. The summed E-state index contributed by atoms with van der Waals surface area (Å²) >= 11 is 0. The molecular formula is C15H17NO2. The number of hydrogen-bond donors (Lipinski definition) is 2. The first-order valence-corrected chi connectivity index (χ1v) is 5.90. The fourth-order valence-corrected chi connectivity index (χ4v) is 1.81. The highest BCUT2D eigenvalue weighted by atomic mass is 16.5. The van der Waals surface area contributed by atoms with Crippen LogP contribution in [0.15, 0.2) is 48.5 Å². The number of aromatic hydroxyl groups is 1. The van der Waals surface area contributed by atoms with E-state index in [1.807, 2.05) is 30.3 Å². The van der Waals surface area contributed by atoms with Crippen LogP contribution in [0.2, 0.25) is 0 Å². The van der Waals surface area contributed by atoms with Crippen LogP contribution in [0, 0.1) is 0 Å². The first kappa shape index (κ1) is 12.5. The topological polar surface area (TPSA) is 41.5 Å². The van der Waals surface area contributed by atoms with Crippen LogP contribution in [0.4, 0.5) is 0 Å². The van der Waals surface area contributed by atoms with Gasteiger partial charge in [0.25, 0.3) is 0 Å². The smallest absolute Gasteiger partial charge is 0.162 e. The van der Waals surface area contributed by atoms with E-state index in [1.54, 1.807) is 13.2 Å². The highest BCUT2D eigenvalue weighted by Gasteiger charge is 2.06. The number of para-hydroxylation sites is 1. The molecule has 0 aliphatic rings. The van der Waals surface area contributed by atoms with Crippen LogP contribution in [0.1, 0.15) is 11.1 Å². The van der Waals surface area contributed by atoms with Crippen molar-refractivity contribution in [2.45, 2.75) is 13.1 Å². The van der Waals surface area contributed by atoms with E-state index in [0.717, 1.165) is 12.1 Å². The molecule has 2 rings (SSSR count). The van der Waals surface area contributed by atoms with Crippen molar-refractivity contribution >= 4 is 0 Å². The number of rotatable bonds is 5. The normalized spacial score (nSPS) is 10.3. The molecule has 0 saturated heterocycles. The molecule has 18 heavy (non-hydrogen) atoms. The van der Waals surface area contributed by atoms with Crippen LogP contribution in [0.5, 0.6) is 11.5 Å². The SMILES string of the molecule is COc1cccc(CNCc2ccccc2)c1O. The molecule has 0 fully saturated rings. The number of ether oxygens (including phenoxy) is 1. The molecule has 0 atom stereocenters. The zero-order valence-electron chi connectivity index (χ0n) is 10.4. The van der Waals surface area contributed by atoms with Gasteiger partial charge < -0.3 is 15.2 Å². The number of phenols is 1. The van der Waals surface area contributed by atoms with Crippen LogP contribution >= 0.6 is 0 Å². The first-order chi connectivity index (χ1) is 8.81. The lowest BCUT2D eigenvalue weighted by atomic mass is 10.1. The molecular weight excluding hydrogens is 226 g/mol. The lowest BCUT2D eigenvalue weighted by molar-refractivity contribution is 0.369. The summed E-state index contributed by atoms with van der Waals surface area (Å²) in [5.74, 6) is 0.717. The second-order valence-corrected chi connectivity index (χ2v) is 4.06. The summed E-state index contributed by atoms with van der Waals surface area (Å²) in [7, 11) is 1.55. The molecule has 0 spiro atoms. The Hall–Kier alpha value is -2.00. The lowest BCUT2D eigenvalue weighted by Gasteiger charge is -2.09. The van der Waals surface area contributed by atoms with Crippen LogP contribution in [0.3, 0.4) is 0 Å². The van der Waals surface area contributed by atoms with Gasteiger partial charge in [0.15, 0.2) is 11.5 Å². The van der Waals surface area contributed by atoms with Gasteiger partial charge in [-0.05, 0) is 11.6 Å². The van der Waals surface area contributed by atoms with E-state index in [9.17, 15) is 5.11 Å². The molecule has 3 heteroatoms. The van der Waals surface area contributed by atoms with Crippen LogP contribution in [0.25, 0.3) is 0 Å². The third-order valence-corrected chi connectivity index (χ3v) is 2.79. The van der Waals surface area contributed by atoms with Crippen molar-refractivity contribution in [3.8, 4) is 11.5 Å². The number of benzene rings is 2. The van der Waals surface area contributed by atoms with E-state index in [2.05, 4.69) is 17.4 Å². The molecule has 0 aliphatic carbocycles. The highest BCUT2D eigenvalue weighted by Crippen LogP contribution is 2.29. The predicted octanol–water partition coefficient (Wildman–Crippen LogP) is 2.69. The lowest BCUT2D eigenvalue weighted by Crippen LogP contribution is -2.12. The standard InChI is InChI=1S/C15H17NO2/c1-18-14-9-5-8-13(15(14)17)11-16-10-12-6-3-2-4-7-12/h2-9,16-17H,10-11H2,1H3. The van der Waals surface area contributed by atoms with Gasteiger partial charge in [0.05, 0.1) is 7.11 Å². The van der Waals surface area contributed by atoms with Gasteiger partial charge in [0, 0.05) is 18.7 Å². The molecule has 0 heterocycles. The van der Waals surface area contributed by atoms with Gasteiger partial charge >= 0.3 is 0 Å². The van der Waals surface area contributed by atoms with E-state index in [0.29, 0.717) is 12.3 Å². The van der Waals surface area contributed by atoms with Crippen molar-refractivity contribution in [1.29, 1.82) is 0 Å². The van der Waals surface area contributed by atoms with E-state index in [1.165, 1.54) is 5.56 Å². The Bertz CT molecular complexity index is 497. The number of hydrogen-bond acceptors (Lipinski definition) is 3. The van der Waals surface area contributed by atoms with Gasteiger partial charge in [-0.1, -0.05) is 42.5 Å². The predicted molar refractivity (Wildman–Crippen MR) is 71.6 cm³/mol. The van der Waals surface area contributed by atoms with Gasteiger partial charge in [-0.3, -0.25) is 0 Å². The maximum atomic E-state index is 9.92. The molecule has 0 amide bonds. The van der Waals surface area contributed by atoms with Crippen molar-refractivity contribution in [2.75, 3.05) is 7.11 Å². The monoisotopic (exact) mass is 243 g/mol. The van der Waals surface area contributed by atoms with Gasteiger partial charge in [0.1, 0.15) is 0 Å². The summed E-state index contributed by atoms with van der Waals surface area (Å²) in [6.45, 7) is 1.38. The third kappa shape index (κ3) is 3.02. The molecule has 0 saturated carbocycles. The minimum absolute atomic E-state index is 0.209. The Kier molecular flexibility index (Phi) is 4.20. The quantitative estimate of drug-likeness (QED) is 0.848. The third-order valence-electron chi connectivity index (χ3n) is 2.79. The molecule has 2 aromatic carbocycles. The van der Waals surface area contributed by atoms with E-state index in [4.69, 9.17) is 4.74 Å². The molecule has 2 N–H and O–H groups in total. The van der Waals surface area contributed by atoms with Gasteiger partial charge in [-0.15, -0.1) is 0 Å².